The monoisotopic (exact) mass is 180 g/mol. The summed E-state index contributed by atoms with van der Waals surface area (Å²) in [5.74, 6) is -0.389. The minimum Gasteiger partial charge on any atom is -0.372 e. The third-order valence-corrected chi connectivity index (χ3v) is 4.56. The van der Waals surface area contributed by atoms with Gasteiger partial charge in [0.25, 0.3) is 0 Å². The second kappa shape index (κ2) is 1.19. The molecule has 5 rings (SSSR count). The minimum absolute atomic E-state index is 0.0903. The molecule has 2 heterocycles. The second-order valence-corrected chi connectivity index (χ2v) is 4.50. The minimum atomic E-state index is -0.686. The van der Waals surface area contributed by atoms with Crippen molar-refractivity contribution in [3.05, 3.63) is 0 Å². The number of nitrogens with two attached hydrogens (primary N) is 2. The molecule has 0 aromatic rings. The van der Waals surface area contributed by atoms with Crippen molar-refractivity contribution >= 4 is 11.8 Å². The van der Waals surface area contributed by atoms with E-state index in [2.05, 4.69) is 0 Å². The molecule has 5 nitrogen and oxygen atoms in total. The number of ether oxygens (including phenoxy) is 1. The van der Waals surface area contributed by atoms with Gasteiger partial charge in [-0.1, -0.05) is 0 Å². The van der Waals surface area contributed by atoms with Gasteiger partial charge in [-0.2, -0.15) is 0 Å². The van der Waals surface area contributed by atoms with Crippen molar-refractivity contribution in [3.63, 3.8) is 0 Å². The Kier molecular flexibility index (Phi) is 0.585. The summed E-state index contributed by atoms with van der Waals surface area (Å²) in [4.78, 5) is 22.5. The smallest absolute Gasteiger partial charge is 0.227 e. The number of hydrogen-bond donors (Lipinski definition) is 2. The van der Waals surface area contributed by atoms with E-state index in [-0.39, 0.29) is 24.0 Å². The fourth-order valence-corrected chi connectivity index (χ4v) is 4.19. The molecule has 4 N–H and O–H groups in total. The van der Waals surface area contributed by atoms with Crippen molar-refractivity contribution in [1.29, 1.82) is 0 Å². The topological polar surface area (TPSA) is 95.4 Å². The maximum atomic E-state index is 11.3. The lowest BCUT2D eigenvalue weighted by molar-refractivity contribution is -0.140. The molecule has 5 fully saturated rings. The summed E-state index contributed by atoms with van der Waals surface area (Å²) in [7, 11) is 0. The molecule has 2 bridgehead atoms. The molecule has 2 aliphatic heterocycles. The predicted octanol–water partition coefficient (Wildman–Crippen LogP) is -2.03. The molecular formula is C8H8N2O3. The zero-order valence-corrected chi connectivity index (χ0v) is 6.69. The van der Waals surface area contributed by atoms with Crippen LogP contribution in [0.15, 0.2) is 0 Å². The molecule has 2 amide bonds. The second-order valence-electron chi connectivity index (χ2n) is 4.50. The molecule has 2 saturated heterocycles. The lowest BCUT2D eigenvalue weighted by Crippen LogP contribution is -2.49. The van der Waals surface area contributed by atoms with Crippen LogP contribution in [0.25, 0.3) is 0 Å². The molecule has 5 heteroatoms. The Hall–Kier alpha value is -1.10. The van der Waals surface area contributed by atoms with Gasteiger partial charge in [0.05, 0.1) is 23.0 Å². The van der Waals surface area contributed by atoms with Crippen molar-refractivity contribution in [1.82, 2.24) is 0 Å². The molecule has 5 aliphatic rings. The van der Waals surface area contributed by atoms with Gasteiger partial charge in [-0.05, 0) is 0 Å². The first kappa shape index (κ1) is 6.37. The maximum absolute atomic E-state index is 11.3. The first-order chi connectivity index (χ1) is 6.11. The highest BCUT2D eigenvalue weighted by Gasteiger charge is 3.10. The summed E-state index contributed by atoms with van der Waals surface area (Å²) in [6.07, 6.45) is -0.181. The number of amides is 2. The summed E-state index contributed by atoms with van der Waals surface area (Å²) in [5, 5.41) is 0. The van der Waals surface area contributed by atoms with E-state index in [9.17, 15) is 9.59 Å². The zero-order chi connectivity index (χ0) is 9.17. The first-order valence-electron chi connectivity index (χ1n) is 4.36. The third kappa shape index (κ3) is 0.276. The van der Waals surface area contributed by atoms with E-state index < -0.39 is 22.6 Å². The molecule has 6 atom stereocenters. The Morgan fingerprint density at radius 2 is 1.38 bits per heavy atom. The van der Waals surface area contributed by atoms with E-state index in [4.69, 9.17) is 16.2 Å². The summed E-state index contributed by atoms with van der Waals surface area (Å²) < 4.78 is 5.47. The average Bonchev–Trinajstić information content (AvgIpc) is 2.61. The Balaban J connectivity index is 1.93. The van der Waals surface area contributed by atoms with Gasteiger partial charge in [0.1, 0.15) is 0 Å². The predicted molar refractivity (Wildman–Crippen MR) is 38.9 cm³/mol. The Morgan fingerprint density at radius 1 is 1.00 bits per heavy atom. The van der Waals surface area contributed by atoms with E-state index in [0.717, 1.165) is 0 Å². The van der Waals surface area contributed by atoms with Gasteiger partial charge in [-0.3, -0.25) is 9.59 Å². The fourth-order valence-electron chi connectivity index (χ4n) is 4.19. The van der Waals surface area contributed by atoms with Crippen LogP contribution in [0.3, 0.4) is 0 Å². The van der Waals surface area contributed by atoms with Gasteiger partial charge in [-0.15, -0.1) is 0 Å². The number of rotatable bonds is 2. The highest BCUT2D eigenvalue weighted by Crippen LogP contribution is 2.98. The molecule has 0 aromatic heterocycles. The normalized spacial score (nSPS) is 68.0. The van der Waals surface area contributed by atoms with Crippen LogP contribution in [0.2, 0.25) is 0 Å². The largest absolute Gasteiger partial charge is 0.372 e. The van der Waals surface area contributed by atoms with Crippen LogP contribution in [0, 0.1) is 22.7 Å². The Labute approximate surface area is 73.4 Å². The Bertz CT molecular complexity index is 341. The zero-order valence-electron chi connectivity index (χ0n) is 6.69. The van der Waals surface area contributed by atoms with Gasteiger partial charge in [0, 0.05) is 11.8 Å². The van der Waals surface area contributed by atoms with Crippen molar-refractivity contribution in [3.8, 4) is 0 Å². The van der Waals surface area contributed by atoms with Crippen molar-refractivity contribution < 1.29 is 14.3 Å². The lowest BCUT2D eigenvalue weighted by atomic mass is 9.71. The van der Waals surface area contributed by atoms with E-state index in [1.165, 1.54) is 0 Å². The van der Waals surface area contributed by atoms with E-state index in [0.29, 0.717) is 0 Å². The van der Waals surface area contributed by atoms with Crippen LogP contribution in [0.4, 0.5) is 0 Å². The molecule has 3 saturated carbocycles. The lowest BCUT2D eigenvalue weighted by Gasteiger charge is -2.28. The molecule has 6 unspecified atom stereocenters. The van der Waals surface area contributed by atoms with Crippen LogP contribution < -0.4 is 11.5 Å². The molecule has 0 spiro atoms. The van der Waals surface area contributed by atoms with Gasteiger partial charge in [0.2, 0.25) is 11.8 Å². The number of carbonyl (C=O) groups is 2. The summed E-state index contributed by atoms with van der Waals surface area (Å²) in [6, 6.07) is 0. The van der Waals surface area contributed by atoms with Gasteiger partial charge in [-0.25, -0.2) is 0 Å². The van der Waals surface area contributed by atoms with Crippen molar-refractivity contribution in [2.75, 3.05) is 0 Å². The summed E-state index contributed by atoms with van der Waals surface area (Å²) >= 11 is 0. The van der Waals surface area contributed by atoms with Gasteiger partial charge < -0.3 is 16.2 Å². The molecular weight excluding hydrogens is 172 g/mol. The maximum Gasteiger partial charge on any atom is 0.227 e. The number of hydrogen-bond acceptors (Lipinski definition) is 3. The van der Waals surface area contributed by atoms with Gasteiger partial charge >= 0.3 is 0 Å². The van der Waals surface area contributed by atoms with Crippen LogP contribution in [0.5, 0.6) is 0 Å². The molecule has 0 aromatic carbocycles. The van der Waals surface area contributed by atoms with E-state index >= 15 is 0 Å². The standard InChI is InChI=1S/C8H8N2O3/c9-5(11)7-1-2-4(13-3(1)7)8(2,7)6(10)12/h1-4H,(H2,9,11)(H2,10,12). The van der Waals surface area contributed by atoms with Crippen molar-refractivity contribution in [2.24, 2.45) is 34.1 Å². The van der Waals surface area contributed by atoms with Crippen LogP contribution in [-0.2, 0) is 14.3 Å². The van der Waals surface area contributed by atoms with Crippen LogP contribution in [0.1, 0.15) is 0 Å². The summed E-state index contributed by atoms with van der Waals surface area (Å²) in [5.41, 5.74) is 9.24. The molecule has 3 aliphatic carbocycles. The summed E-state index contributed by atoms with van der Waals surface area (Å²) in [6.45, 7) is 0. The SMILES string of the molecule is NC(=O)C12C3OC4C(C31)C42C(N)=O. The van der Waals surface area contributed by atoms with Gasteiger partial charge in [0.15, 0.2) is 0 Å². The quantitative estimate of drug-likeness (QED) is 0.513. The average molecular weight is 180 g/mol. The number of carbonyl (C=O) groups excluding carboxylic acids is 2. The van der Waals surface area contributed by atoms with Crippen LogP contribution >= 0.6 is 0 Å². The third-order valence-electron chi connectivity index (χ3n) is 4.56. The number of primary amides is 2. The molecule has 0 radical (unpaired) electrons. The van der Waals surface area contributed by atoms with Crippen molar-refractivity contribution in [2.45, 2.75) is 12.2 Å². The highest BCUT2D eigenvalue weighted by atomic mass is 16.5. The van der Waals surface area contributed by atoms with Crippen LogP contribution in [-0.4, -0.2) is 24.0 Å². The fraction of sp³-hybridized carbons (Fsp3) is 0.750. The van der Waals surface area contributed by atoms with E-state index in [1.807, 2.05) is 0 Å². The first-order valence-corrected chi connectivity index (χ1v) is 4.36. The highest BCUT2D eigenvalue weighted by molar-refractivity contribution is 6.04. The van der Waals surface area contributed by atoms with E-state index in [1.54, 1.807) is 0 Å². The Morgan fingerprint density at radius 3 is 1.62 bits per heavy atom. The molecule has 13 heavy (non-hydrogen) atoms. The molecule has 68 valence electrons.